The van der Waals surface area contributed by atoms with E-state index in [0.717, 1.165) is 0 Å². The van der Waals surface area contributed by atoms with Crippen LogP contribution in [-0.2, 0) is 21.7 Å². The van der Waals surface area contributed by atoms with Crippen LogP contribution in [0.3, 0.4) is 0 Å². The summed E-state index contributed by atoms with van der Waals surface area (Å²) in [6, 6.07) is 23.6. The molecule has 36 heavy (non-hydrogen) atoms. The molecule has 0 radical (unpaired) electrons. The molecule has 4 rings (SSSR count). The highest BCUT2D eigenvalue weighted by Crippen LogP contribution is 2.44. The van der Waals surface area contributed by atoms with Gasteiger partial charge in [-0.1, -0.05) is 132 Å². The molecule has 0 saturated heterocycles. The van der Waals surface area contributed by atoms with E-state index < -0.39 is 0 Å². The molecule has 0 aromatic heterocycles. The normalized spacial score (nSPS) is 13.6. The van der Waals surface area contributed by atoms with Crippen LogP contribution in [-0.4, -0.2) is 0 Å². The molecule has 4 aromatic rings. The summed E-state index contributed by atoms with van der Waals surface area (Å²) in [4.78, 5) is 0. The van der Waals surface area contributed by atoms with Crippen LogP contribution in [0.4, 0.5) is 0 Å². The molecule has 0 heterocycles. The van der Waals surface area contributed by atoms with E-state index in [2.05, 4.69) is 144 Å². The first-order valence-electron chi connectivity index (χ1n) is 13.5. The maximum absolute atomic E-state index is 2.47. The lowest BCUT2D eigenvalue weighted by atomic mass is 9.76. The van der Waals surface area contributed by atoms with Gasteiger partial charge in [0, 0.05) is 0 Å². The third-order valence-electron chi connectivity index (χ3n) is 7.63. The van der Waals surface area contributed by atoms with Crippen molar-refractivity contribution in [3.63, 3.8) is 0 Å². The van der Waals surface area contributed by atoms with Crippen LogP contribution in [0, 0.1) is 0 Å². The molecule has 0 spiro atoms. The zero-order chi connectivity index (χ0) is 26.8. The average molecular weight is 479 g/mol. The third-order valence-corrected chi connectivity index (χ3v) is 7.63. The van der Waals surface area contributed by atoms with Gasteiger partial charge in [-0.15, -0.1) is 0 Å². The predicted molar refractivity (Wildman–Crippen MR) is 162 cm³/mol. The molecule has 0 heteroatoms. The van der Waals surface area contributed by atoms with Crippen molar-refractivity contribution in [2.75, 3.05) is 0 Å². The van der Waals surface area contributed by atoms with E-state index in [1.54, 1.807) is 0 Å². The van der Waals surface area contributed by atoms with Crippen molar-refractivity contribution in [3.8, 4) is 11.1 Å². The summed E-state index contributed by atoms with van der Waals surface area (Å²) >= 11 is 0. The minimum Gasteiger partial charge on any atom is -0.0613 e. The van der Waals surface area contributed by atoms with Crippen LogP contribution in [0.1, 0.15) is 105 Å². The molecular weight excluding hydrogens is 432 g/mol. The molecule has 0 aliphatic carbocycles. The quantitative estimate of drug-likeness (QED) is 0.255. The summed E-state index contributed by atoms with van der Waals surface area (Å²) in [6.07, 6.45) is 0. The van der Waals surface area contributed by atoms with Crippen molar-refractivity contribution in [2.45, 2.75) is 105 Å². The molecular formula is C36H46. The fraction of sp³-hybridized carbons (Fsp3) is 0.444. The molecule has 0 fully saturated rings. The molecule has 190 valence electrons. The maximum Gasteiger partial charge on any atom is -0.00960 e. The Balaban J connectivity index is 2.25. The van der Waals surface area contributed by atoms with Crippen molar-refractivity contribution < 1.29 is 0 Å². The van der Waals surface area contributed by atoms with E-state index in [1.807, 2.05) is 0 Å². The number of hydrogen-bond acceptors (Lipinski definition) is 0. The Bertz CT molecular complexity index is 1320. The highest BCUT2D eigenvalue weighted by atomic mass is 14.3. The smallest absolute Gasteiger partial charge is 0.00960 e. The number of hydrogen-bond donors (Lipinski definition) is 0. The topological polar surface area (TPSA) is 0 Å². The van der Waals surface area contributed by atoms with E-state index in [-0.39, 0.29) is 21.7 Å². The Labute approximate surface area is 220 Å². The van der Waals surface area contributed by atoms with Crippen LogP contribution in [0.15, 0.2) is 60.7 Å². The zero-order valence-electron chi connectivity index (χ0n) is 24.8. The first-order chi connectivity index (χ1) is 16.4. The molecule has 0 aliphatic heterocycles. The average Bonchev–Trinajstić information content (AvgIpc) is 2.74. The van der Waals surface area contributed by atoms with Gasteiger partial charge in [0.25, 0.3) is 0 Å². The van der Waals surface area contributed by atoms with Gasteiger partial charge in [-0.05, 0) is 88.7 Å². The second kappa shape index (κ2) is 8.47. The molecule has 0 N–H and O–H groups in total. The SMILES string of the molecule is CC(C)(C)c1cc(-c2cc(C(C)(C)C)cc3c(C(C)(C)C)cccc23)c2cccc(C(C)(C)C)c2c1. The Hall–Kier alpha value is -2.60. The van der Waals surface area contributed by atoms with Crippen LogP contribution < -0.4 is 0 Å². The van der Waals surface area contributed by atoms with Crippen molar-refractivity contribution in [2.24, 2.45) is 0 Å². The summed E-state index contributed by atoms with van der Waals surface area (Å²) in [5, 5.41) is 5.47. The molecule has 4 aromatic carbocycles. The number of rotatable bonds is 1. The van der Waals surface area contributed by atoms with Gasteiger partial charge in [0.2, 0.25) is 0 Å². The van der Waals surface area contributed by atoms with Gasteiger partial charge in [-0.3, -0.25) is 0 Å². The van der Waals surface area contributed by atoms with Gasteiger partial charge in [-0.2, -0.15) is 0 Å². The number of fused-ring (bicyclic) bond motifs is 2. The summed E-state index contributed by atoms with van der Waals surface area (Å²) in [6.45, 7) is 28.0. The largest absolute Gasteiger partial charge is 0.0613 e. The molecule has 0 nitrogen and oxygen atoms in total. The van der Waals surface area contributed by atoms with Crippen LogP contribution in [0.5, 0.6) is 0 Å². The Morgan fingerprint density at radius 3 is 0.972 bits per heavy atom. The van der Waals surface area contributed by atoms with Gasteiger partial charge in [0.15, 0.2) is 0 Å². The van der Waals surface area contributed by atoms with Crippen LogP contribution in [0.25, 0.3) is 32.7 Å². The summed E-state index contributed by atoms with van der Waals surface area (Å²) in [5.74, 6) is 0. The van der Waals surface area contributed by atoms with Gasteiger partial charge in [0.1, 0.15) is 0 Å². The summed E-state index contributed by atoms with van der Waals surface area (Å²) < 4.78 is 0. The van der Waals surface area contributed by atoms with E-state index in [1.165, 1.54) is 54.9 Å². The third kappa shape index (κ3) is 4.84. The Morgan fingerprint density at radius 2 is 0.694 bits per heavy atom. The van der Waals surface area contributed by atoms with E-state index in [0.29, 0.717) is 0 Å². The second-order valence-electron chi connectivity index (χ2n) is 14.8. The van der Waals surface area contributed by atoms with Gasteiger partial charge in [-0.25, -0.2) is 0 Å². The minimum absolute atomic E-state index is 0.0575. The lowest BCUT2D eigenvalue weighted by Gasteiger charge is -2.28. The van der Waals surface area contributed by atoms with Crippen molar-refractivity contribution in [1.82, 2.24) is 0 Å². The Morgan fingerprint density at radius 1 is 0.361 bits per heavy atom. The van der Waals surface area contributed by atoms with Crippen molar-refractivity contribution in [1.29, 1.82) is 0 Å². The highest BCUT2D eigenvalue weighted by Gasteiger charge is 2.25. The first-order valence-corrected chi connectivity index (χ1v) is 13.5. The monoisotopic (exact) mass is 478 g/mol. The van der Waals surface area contributed by atoms with Crippen molar-refractivity contribution in [3.05, 3.63) is 82.9 Å². The molecule has 0 aliphatic rings. The fourth-order valence-electron chi connectivity index (χ4n) is 5.39. The maximum atomic E-state index is 2.47. The van der Waals surface area contributed by atoms with Crippen LogP contribution in [0.2, 0.25) is 0 Å². The zero-order valence-corrected chi connectivity index (χ0v) is 24.8. The highest BCUT2D eigenvalue weighted by molar-refractivity contribution is 6.08. The minimum atomic E-state index is 0.0575. The predicted octanol–water partition coefficient (Wildman–Crippen LogP) is 10.8. The van der Waals surface area contributed by atoms with E-state index in [9.17, 15) is 0 Å². The van der Waals surface area contributed by atoms with Crippen LogP contribution >= 0.6 is 0 Å². The fourth-order valence-corrected chi connectivity index (χ4v) is 5.39. The van der Waals surface area contributed by atoms with Gasteiger partial charge < -0.3 is 0 Å². The summed E-state index contributed by atoms with van der Waals surface area (Å²) in [5.41, 5.74) is 8.58. The van der Waals surface area contributed by atoms with Gasteiger partial charge >= 0.3 is 0 Å². The lowest BCUT2D eigenvalue weighted by molar-refractivity contribution is 0.587. The van der Waals surface area contributed by atoms with Gasteiger partial charge in [0.05, 0.1) is 0 Å². The molecule has 0 amide bonds. The number of benzene rings is 4. The molecule has 0 saturated carbocycles. The molecule has 0 atom stereocenters. The first kappa shape index (κ1) is 26.5. The Kier molecular flexibility index (Phi) is 6.23. The lowest BCUT2D eigenvalue weighted by Crippen LogP contribution is -2.15. The standard InChI is InChI=1S/C36H46/c1-33(2,3)23-19-27(25-15-13-17-31(29(25)21-23)35(7,8)9)28-20-24(34(4,5)6)22-30-26(28)16-14-18-32(30)36(10,11)12/h13-22H,1-12H3. The molecule has 0 unspecified atom stereocenters. The van der Waals surface area contributed by atoms with E-state index in [4.69, 9.17) is 0 Å². The second-order valence-corrected chi connectivity index (χ2v) is 14.8. The summed E-state index contributed by atoms with van der Waals surface area (Å²) in [7, 11) is 0. The van der Waals surface area contributed by atoms with Crippen molar-refractivity contribution >= 4 is 21.5 Å². The van der Waals surface area contributed by atoms with E-state index >= 15 is 0 Å². The molecule has 0 bridgehead atoms.